The largest absolute Gasteiger partial charge is 0.463 e. The third-order valence-electron chi connectivity index (χ3n) is 2.41. The van der Waals surface area contributed by atoms with Crippen LogP contribution in [0.2, 0.25) is 0 Å². The molecule has 0 aromatic rings. The molecular formula is C10H19NO6S. The third kappa shape index (κ3) is 7.23. The lowest BCUT2D eigenvalue weighted by molar-refractivity contribution is -0.154. The highest BCUT2D eigenvalue weighted by molar-refractivity contribution is 7.86. The number of nitrogens with one attached hydrogen (secondary N) is 1. The van der Waals surface area contributed by atoms with E-state index in [1.165, 1.54) is 0 Å². The summed E-state index contributed by atoms with van der Waals surface area (Å²) >= 11 is 0. The summed E-state index contributed by atoms with van der Waals surface area (Å²) in [4.78, 5) is 22.5. The lowest BCUT2D eigenvalue weighted by Crippen LogP contribution is -2.34. The van der Waals surface area contributed by atoms with Gasteiger partial charge in [-0.25, -0.2) is 0 Å². The molecule has 0 aromatic heterocycles. The minimum absolute atomic E-state index is 0.000111. The number of carbonyl (C=O) groups is 2. The summed E-state index contributed by atoms with van der Waals surface area (Å²) in [5.74, 6) is -2.22. The molecule has 0 rings (SSSR count). The van der Waals surface area contributed by atoms with Gasteiger partial charge in [0.1, 0.15) is 6.61 Å². The lowest BCUT2D eigenvalue weighted by Gasteiger charge is -2.20. The Morgan fingerprint density at radius 1 is 1.33 bits per heavy atom. The van der Waals surface area contributed by atoms with Gasteiger partial charge in [-0.15, -0.1) is 0 Å². The predicted octanol–water partition coefficient (Wildman–Crippen LogP) is -0.0302. The van der Waals surface area contributed by atoms with Crippen LogP contribution < -0.4 is 5.32 Å². The van der Waals surface area contributed by atoms with Crippen LogP contribution in [0.25, 0.3) is 0 Å². The molecule has 0 aliphatic rings. The van der Waals surface area contributed by atoms with Crippen molar-refractivity contribution in [3.05, 3.63) is 0 Å². The Bertz CT molecular complexity index is 401. The molecule has 0 bridgehead atoms. The van der Waals surface area contributed by atoms with Crippen LogP contribution in [0.3, 0.4) is 0 Å². The van der Waals surface area contributed by atoms with Crippen LogP contribution in [0.15, 0.2) is 0 Å². The Morgan fingerprint density at radius 3 is 2.33 bits per heavy atom. The van der Waals surface area contributed by atoms with Crippen molar-refractivity contribution in [3.63, 3.8) is 0 Å². The van der Waals surface area contributed by atoms with Gasteiger partial charge >= 0.3 is 5.97 Å². The van der Waals surface area contributed by atoms with Gasteiger partial charge in [-0.3, -0.25) is 14.1 Å². The maximum Gasteiger partial charge on any atom is 0.311 e. The van der Waals surface area contributed by atoms with Crippen LogP contribution in [0.4, 0.5) is 0 Å². The maximum absolute atomic E-state index is 11.5. The van der Waals surface area contributed by atoms with Gasteiger partial charge in [0, 0.05) is 0 Å². The molecule has 0 aliphatic carbocycles. The van der Waals surface area contributed by atoms with Gasteiger partial charge in [-0.1, -0.05) is 6.92 Å². The van der Waals surface area contributed by atoms with Crippen molar-refractivity contribution in [2.24, 2.45) is 5.41 Å². The molecule has 1 amide bonds. The van der Waals surface area contributed by atoms with Gasteiger partial charge < -0.3 is 10.1 Å². The summed E-state index contributed by atoms with van der Waals surface area (Å²) in [7, 11) is -4.32. The first-order valence-electron chi connectivity index (χ1n) is 5.47. The number of rotatable bonds is 7. The first kappa shape index (κ1) is 16.9. The topological polar surface area (TPSA) is 110 Å². The molecule has 0 aromatic carbocycles. The predicted molar refractivity (Wildman–Crippen MR) is 64.5 cm³/mol. The van der Waals surface area contributed by atoms with Crippen molar-refractivity contribution in [2.45, 2.75) is 27.2 Å². The second-order valence-electron chi connectivity index (χ2n) is 4.45. The summed E-state index contributed by atoms with van der Waals surface area (Å²) in [5.41, 5.74) is -0.585. The smallest absolute Gasteiger partial charge is 0.311 e. The molecule has 0 saturated carbocycles. The van der Waals surface area contributed by atoms with E-state index in [0.29, 0.717) is 6.42 Å². The fraction of sp³-hybridized carbons (Fsp3) is 0.800. The zero-order chi connectivity index (χ0) is 14.4. The summed E-state index contributed by atoms with van der Waals surface area (Å²) in [6.45, 7) is 5.30. The van der Waals surface area contributed by atoms with Gasteiger partial charge in [0.15, 0.2) is 5.75 Å². The van der Waals surface area contributed by atoms with Crippen molar-refractivity contribution >= 4 is 22.0 Å². The molecule has 8 heteroatoms. The Labute approximate surface area is 107 Å². The Kier molecular flexibility index (Phi) is 6.27. The standard InChI is InChI=1S/C10H19NO6S/c1-4-10(2,3)9(13)17-6-5-11-8(12)7-18(14,15)16/h4-7H2,1-3H3,(H,11,12)(H,14,15,16). The van der Waals surface area contributed by atoms with E-state index < -0.39 is 27.2 Å². The van der Waals surface area contributed by atoms with Crippen LogP contribution in [-0.4, -0.2) is 43.8 Å². The lowest BCUT2D eigenvalue weighted by atomic mass is 9.91. The summed E-state index contributed by atoms with van der Waals surface area (Å²) in [6, 6.07) is 0. The van der Waals surface area contributed by atoms with E-state index in [-0.39, 0.29) is 19.1 Å². The summed E-state index contributed by atoms with van der Waals surface area (Å²) < 4.78 is 34.0. The Balaban J connectivity index is 3.88. The van der Waals surface area contributed by atoms with Gasteiger partial charge in [0.05, 0.1) is 12.0 Å². The molecule has 7 nitrogen and oxygen atoms in total. The van der Waals surface area contributed by atoms with Crippen molar-refractivity contribution in [3.8, 4) is 0 Å². The number of carbonyl (C=O) groups excluding carboxylic acids is 2. The SMILES string of the molecule is CCC(C)(C)C(=O)OCCNC(=O)CS(=O)(=O)O. The first-order chi connectivity index (χ1) is 8.08. The van der Waals surface area contributed by atoms with Crippen molar-refractivity contribution in [2.75, 3.05) is 18.9 Å². The van der Waals surface area contributed by atoms with Gasteiger partial charge in [0.25, 0.3) is 10.1 Å². The average Bonchev–Trinajstić information content (AvgIpc) is 2.21. The van der Waals surface area contributed by atoms with E-state index in [0.717, 1.165) is 0 Å². The molecule has 0 aliphatic heterocycles. The number of amides is 1. The fourth-order valence-corrected chi connectivity index (χ4v) is 1.32. The van der Waals surface area contributed by atoms with E-state index in [1.54, 1.807) is 13.8 Å². The second kappa shape index (κ2) is 6.69. The van der Waals surface area contributed by atoms with Crippen LogP contribution >= 0.6 is 0 Å². The zero-order valence-electron chi connectivity index (χ0n) is 10.7. The fourth-order valence-electron chi connectivity index (χ4n) is 0.891. The molecule has 106 valence electrons. The minimum atomic E-state index is -4.32. The summed E-state index contributed by atoms with van der Waals surface area (Å²) in [6.07, 6.45) is 0.626. The maximum atomic E-state index is 11.5. The van der Waals surface area contributed by atoms with Gasteiger partial charge in [-0.2, -0.15) is 8.42 Å². The third-order valence-corrected chi connectivity index (χ3v) is 3.03. The average molecular weight is 281 g/mol. The van der Waals surface area contributed by atoms with Crippen molar-refractivity contribution in [1.29, 1.82) is 0 Å². The molecular weight excluding hydrogens is 262 g/mol. The van der Waals surface area contributed by atoms with E-state index >= 15 is 0 Å². The zero-order valence-corrected chi connectivity index (χ0v) is 11.5. The quantitative estimate of drug-likeness (QED) is 0.385. The highest BCUT2D eigenvalue weighted by Gasteiger charge is 2.26. The van der Waals surface area contributed by atoms with E-state index in [4.69, 9.17) is 9.29 Å². The number of ether oxygens (including phenoxy) is 1. The van der Waals surface area contributed by atoms with Crippen LogP contribution in [-0.2, 0) is 24.4 Å². The number of esters is 1. The monoisotopic (exact) mass is 281 g/mol. The van der Waals surface area contributed by atoms with E-state index in [9.17, 15) is 18.0 Å². The normalized spacial score (nSPS) is 12.0. The van der Waals surface area contributed by atoms with Crippen molar-refractivity contribution in [1.82, 2.24) is 5.32 Å². The highest BCUT2D eigenvalue weighted by atomic mass is 32.2. The van der Waals surface area contributed by atoms with Crippen LogP contribution in [0.1, 0.15) is 27.2 Å². The minimum Gasteiger partial charge on any atom is -0.463 e. The van der Waals surface area contributed by atoms with E-state index in [2.05, 4.69) is 5.32 Å². The van der Waals surface area contributed by atoms with Crippen molar-refractivity contribution < 1.29 is 27.3 Å². The molecule has 0 unspecified atom stereocenters. The van der Waals surface area contributed by atoms with Crippen LogP contribution in [0, 0.1) is 5.41 Å². The molecule has 0 atom stereocenters. The Morgan fingerprint density at radius 2 is 1.89 bits per heavy atom. The summed E-state index contributed by atoms with van der Waals surface area (Å²) in [5, 5.41) is 2.21. The second-order valence-corrected chi connectivity index (χ2v) is 5.90. The highest BCUT2D eigenvalue weighted by Crippen LogP contribution is 2.21. The molecule has 18 heavy (non-hydrogen) atoms. The molecule has 2 N–H and O–H groups in total. The Hall–Kier alpha value is -1.15. The van der Waals surface area contributed by atoms with Gasteiger partial charge in [-0.05, 0) is 20.3 Å². The molecule has 0 heterocycles. The molecule has 0 fully saturated rings. The van der Waals surface area contributed by atoms with Gasteiger partial charge in [0.2, 0.25) is 5.91 Å². The number of hydrogen-bond acceptors (Lipinski definition) is 5. The first-order valence-corrected chi connectivity index (χ1v) is 7.08. The number of hydrogen-bond donors (Lipinski definition) is 2. The molecule has 0 radical (unpaired) electrons. The van der Waals surface area contributed by atoms with Crippen LogP contribution in [0.5, 0.6) is 0 Å². The van der Waals surface area contributed by atoms with E-state index in [1.807, 2.05) is 6.92 Å². The molecule has 0 spiro atoms. The molecule has 0 saturated heterocycles.